The molecule has 1 saturated carbocycles. The number of allylic oxidation sites excluding steroid dienone is 3. The van der Waals surface area contributed by atoms with Crippen molar-refractivity contribution >= 4 is 11.9 Å². The Hall–Kier alpha value is -2.63. The van der Waals surface area contributed by atoms with Gasteiger partial charge in [-0.1, -0.05) is 18.2 Å². The molecule has 5 rings (SSSR count). The highest BCUT2D eigenvalue weighted by molar-refractivity contribution is 5.79. The van der Waals surface area contributed by atoms with Gasteiger partial charge in [0, 0.05) is 45.1 Å². The number of piperidine rings is 1. The van der Waals surface area contributed by atoms with Gasteiger partial charge in [-0.2, -0.15) is 0 Å². The zero-order chi connectivity index (χ0) is 20.6. The summed E-state index contributed by atoms with van der Waals surface area (Å²) in [5.41, 5.74) is 3.84. The average Bonchev–Trinajstić information content (AvgIpc) is 3.25. The minimum absolute atomic E-state index is 0.0228. The van der Waals surface area contributed by atoms with E-state index in [4.69, 9.17) is 0 Å². The van der Waals surface area contributed by atoms with Crippen LogP contribution in [0.15, 0.2) is 42.3 Å². The largest absolute Gasteiger partial charge is 0.342 e. The Morgan fingerprint density at radius 2 is 1.97 bits per heavy atom. The number of carbonyl (C=O) groups is 2. The van der Waals surface area contributed by atoms with E-state index in [2.05, 4.69) is 28.5 Å². The van der Waals surface area contributed by atoms with Crippen LogP contribution in [0.2, 0.25) is 0 Å². The van der Waals surface area contributed by atoms with Gasteiger partial charge in [0.05, 0.1) is 6.42 Å². The molecule has 0 radical (unpaired) electrons. The maximum absolute atomic E-state index is 12.6. The zero-order valence-electron chi connectivity index (χ0n) is 17.5. The summed E-state index contributed by atoms with van der Waals surface area (Å²) in [6, 6.07) is 2.02. The van der Waals surface area contributed by atoms with Crippen molar-refractivity contribution in [2.45, 2.75) is 51.6 Å². The van der Waals surface area contributed by atoms with Crippen molar-refractivity contribution in [3.63, 3.8) is 0 Å². The Kier molecular flexibility index (Phi) is 5.09. The van der Waals surface area contributed by atoms with Crippen LogP contribution in [0.25, 0.3) is 0 Å². The molecule has 2 fully saturated rings. The van der Waals surface area contributed by atoms with Crippen LogP contribution in [0.5, 0.6) is 0 Å². The van der Waals surface area contributed by atoms with Crippen LogP contribution in [-0.2, 0) is 17.9 Å². The van der Waals surface area contributed by atoms with E-state index in [-0.39, 0.29) is 11.9 Å². The van der Waals surface area contributed by atoms with Gasteiger partial charge in [-0.05, 0) is 66.2 Å². The molecule has 1 unspecified atom stereocenters. The van der Waals surface area contributed by atoms with Gasteiger partial charge in [0.1, 0.15) is 0 Å². The smallest absolute Gasteiger partial charge is 0.318 e. The molecule has 158 valence electrons. The van der Waals surface area contributed by atoms with E-state index in [0.29, 0.717) is 30.8 Å². The molecule has 1 atom stereocenters. The van der Waals surface area contributed by atoms with Crippen molar-refractivity contribution in [1.82, 2.24) is 20.1 Å². The van der Waals surface area contributed by atoms with Crippen molar-refractivity contribution in [3.8, 4) is 0 Å². The molecular formula is C24H30N4O2. The molecule has 1 N–H and O–H groups in total. The SMILES string of the molecule is O=C(CC1=CCCC=C1)N1CCC2(CC1)CC2CNC(=O)N1Cc2ccncc2C1. The Morgan fingerprint density at radius 1 is 1.13 bits per heavy atom. The molecule has 6 nitrogen and oxygen atoms in total. The standard InChI is InChI=1S/C24H30N4O2/c29-22(12-18-4-2-1-3-5-18)27-10-7-24(8-11-27)13-21(24)15-26-23(30)28-16-19-6-9-25-14-20(19)17-28/h2,4-6,9,14,21H,1,3,7-8,10-13,15-17H2,(H,26,30). The average molecular weight is 407 g/mol. The molecule has 2 aliphatic heterocycles. The van der Waals surface area contributed by atoms with Crippen LogP contribution in [-0.4, -0.2) is 46.4 Å². The summed E-state index contributed by atoms with van der Waals surface area (Å²) < 4.78 is 0. The molecule has 4 aliphatic rings. The van der Waals surface area contributed by atoms with Gasteiger partial charge in [-0.15, -0.1) is 0 Å². The van der Waals surface area contributed by atoms with Crippen LogP contribution in [0.3, 0.4) is 0 Å². The summed E-state index contributed by atoms with van der Waals surface area (Å²) in [6.45, 7) is 3.77. The second-order valence-electron chi connectivity index (χ2n) is 9.27. The summed E-state index contributed by atoms with van der Waals surface area (Å²) in [6.07, 6.45) is 16.1. The summed E-state index contributed by atoms with van der Waals surface area (Å²) in [7, 11) is 0. The normalized spacial score (nSPS) is 23.9. The first kappa shape index (κ1) is 19.3. The van der Waals surface area contributed by atoms with Crippen LogP contribution in [0, 0.1) is 11.3 Å². The van der Waals surface area contributed by atoms with E-state index in [9.17, 15) is 9.59 Å². The highest BCUT2D eigenvalue weighted by Crippen LogP contribution is 2.59. The van der Waals surface area contributed by atoms with Gasteiger partial charge in [0.2, 0.25) is 5.91 Å². The summed E-state index contributed by atoms with van der Waals surface area (Å²) in [5, 5.41) is 3.15. The van der Waals surface area contributed by atoms with Crippen LogP contribution in [0.1, 0.15) is 49.7 Å². The predicted octanol–water partition coefficient (Wildman–Crippen LogP) is 3.40. The van der Waals surface area contributed by atoms with E-state index in [1.54, 1.807) is 6.20 Å². The molecular weight excluding hydrogens is 376 g/mol. The third-order valence-electron chi connectivity index (χ3n) is 7.41. The first-order valence-electron chi connectivity index (χ1n) is 11.2. The summed E-state index contributed by atoms with van der Waals surface area (Å²) in [5.74, 6) is 0.811. The van der Waals surface area contributed by atoms with Crippen molar-refractivity contribution in [3.05, 3.63) is 53.4 Å². The number of amides is 3. The molecule has 1 aromatic heterocycles. The lowest BCUT2D eigenvalue weighted by atomic mass is 9.90. The quantitative estimate of drug-likeness (QED) is 0.833. The number of pyridine rings is 1. The lowest BCUT2D eigenvalue weighted by Crippen LogP contribution is -2.41. The molecule has 1 saturated heterocycles. The number of carbonyl (C=O) groups excluding carboxylic acids is 2. The molecule has 3 amide bonds. The van der Waals surface area contributed by atoms with E-state index >= 15 is 0 Å². The number of aromatic nitrogens is 1. The highest BCUT2D eigenvalue weighted by Gasteiger charge is 2.54. The molecule has 3 heterocycles. The van der Waals surface area contributed by atoms with Crippen LogP contribution >= 0.6 is 0 Å². The number of urea groups is 1. The van der Waals surface area contributed by atoms with Gasteiger partial charge >= 0.3 is 6.03 Å². The second kappa shape index (κ2) is 7.89. The van der Waals surface area contributed by atoms with Crippen molar-refractivity contribution in [2.24, 2.45) is 11.3 Å². The molecule has 1 spiro atoms. The number of likely N-dealkylation sites (tertiary alicyclic amines) is 1. The van der Waals surface area contributed by atoms with Crippen LogP contribution in [0.4, 0.5) is 4.79 Å². The van der Waals surface area contributed by atoms with Crippen molar-refractivity contribution in [1.29, 1.82) is 0 Å². The third-order valence-corrected chi connectivity index (χ3v) is 7.41. The van der Waals surface area contributed by atoms with Crippen LogP contribution < -0.4 is 5.32 Å². The molecule has 1 aromatic rings. The number of fused-ring (bicyclic) bond motifs is 1. The first-order valence-corrected chi connectivity index (χ1v) is 11.2. The zero-order valence-corrected chi connectivity index (χ0v) is 17.5. The maximum Gasteiger partial charge on any atom is 0.318 e. The summed E-state index contributed by atoms with van der Waals surface area (Å²) in [4.78, 5) is 33.2. The number of hydrogen-bond donors (Lipinski definition) is 1. The van der Waals surface area contributed by atoms with Crippen molar-refractivity contribution in [2.75, 3.05) is 19.6 Å². The number of hydrogen-bond acceptors (Lipinski definition) is 3. The fourth-order valence-corrected chi connectivity index (χ4v) is 5.31. The van der Waals surface area contributed by atoms with Gasteiger partial charge in [-0.3, -0.25) is 9.78 Å². The topological polar surface area (TPSA) is 65.5 Å². The highest BCUT2D eigenvalue weighted by atomic mass is 16.2. The lowest BCUT2D eigenvalue weighted by Gasteiger charge is -2.33. The fourth-order valence-electron chi connectivity index (χ4n) is 5.31. The number of nitrogens with one attached hydrogen (secondary N) is 1. The van der Waals surface area contributed by atoms with E-state index in [1.165, 1.54) is 17.6 Å². The predicted molar refractivity (Wildman–Crippen MR) is 114 cm³/mol. The molecule has 30 heavy (non-hydrogen) atoms. The number of nitrogens with zero attached hydrogens (tertiary/aromatic N) is 3. The van der Waals surface area contributed by atoms with Gasteiger partial charge < -0.3 is 15.1 Å². The molecule has 0 bridgehead atoms. The van der Waals surface area contributed by atoms with Gasteiger partial charge in [0.15, 0.2) is 0 Å². The monoisotopic (exact) mass is 406 g/mol. The second-order valence-corrected chi connectivity index (χ2v) is 9.27. The van der Waals surface area contributed by atoms with E-state index in [0.717, 1.165) is 50.9 Å². The molecule has 6 heteroatoms. The minimum Gasteiger partial charge on any atom is -0.342 e. The molecule has 0 aromatic carbocycles. The first-order chi connectivity index (χ1) is 14.6. The Morgan fingerprint density at radius 3 is 2.73 bits per heavy atom. The fraction of sp³-hybridized carbons (Fsp3) is 0.542. The Labute approximate surface area is 178 Å². The van der Waals surface area contributed by atoms with Gasteiger partial charge in [-0.25, -0.2) is 4.79 Å². The third kappa shape index (κ3) is 3.87. The number of rotatable bonds is 4. The maximum atomic E-state index is 12.6. The van der Waals surface area contributed by atoms with Gasteiger partial charge in [0.25, 0.3) is 0 Å². The summed E-state index contributed by atoms with van der Waals surface area (Å²) >= 11 is 0. The minimum atomic E-state index is 0.0228. The Bertz CT molecular complexity index is 873. The molecule has 2 aliphatic carbocycles. The Balaban J connectivity index is 1.05. The lowest BCUT2D eigenvalue weighted by molar-refractivity contribution is -0.132. The van der Waals surface area contributed by atoms with Crippen molar-refractivity contribution < 1.29 is 9.59 Å². The van der Waals surface area contributed by atoms with E-state index < -0.39 is 0 Å². The van der Waals surface area contributed by atoms with E-state index in [1.807, 2.05) is 22.1 Å².